The van der Waals surface area contributed by atoms with Crippen LogP contribution in [0.3, 0.4) is 0 Å². The average molecular weight is 824 g/mol. The molecule has 3 aromatic heterocycles. The van der Waals surface area contributed by atoms with Crippen LogP contribution < -0.4 is 5.19 Å². The molecule has 3 heterocycles. The maximum atomic E-state index is 8.43. The molecule has 3 nitrogen and oxygen atoms in total. The molecule has 48 heavy (non-hydrogen) atoms. The van der Waals surface area contributed by atoms with Gasteiger partial charge >= 0.3 is 0 Å². The van der Waals surface area contributed by atoms with Crippen molar-refractivity contribution in [3.63, 3.8) is 0 Å². The van der Waals surface area contributed by atoms with Crippen LogP contribution in [0.5, 0.6) is 0 Å². The van der Waals surface area contributed by atoms with E-state index in [4.69, 9.17) is 5.79 Å². The number of rotatable bonds is 5. The Morgan fingerprint density at radius 2 is 1.54 bits per heavy atom. The molecule has 1 radical (unpaired) electrons. The van der Waals surface area contributed by atoms with Gasteiger partial charge in [-0.15, -0.1) is 48.0 Å². The molecule has 0 N–H and O–H groups in total. The summed E-state index contributed by atoms with van der Waals surface area (Å²) in [4.78, 5) is 9.14. The van der Waals surface area contributed by atoms with Crippen LogP contribution in [0.2, 0.25) is 19.6 Å². The van der Waals surface area contributed by atoms with Crippen molar-refractivity contribution < 1.29 is 25.9 Å². The Hall–Kier alpha value is -4.15. The van der Waals surface area contributed by atoms with Gasteiger partial charge in [-0.25, -0.2) is 0 Å². The van der Waals surface area contributed by atoms with Gasteiger partial charge in [0.25, 0.3) is 0 Å². The zero-order valence-corrected chi connectivity index (χ0v) is 32.3. The molecule has 0 amide bonds. The van der Waals surface area contributed by atoms with Crippen LogP contribution in [0.25, 0.3) is 55.6 Å². The predicted octanol–water partition coefficient (Wildman–Crippen LogP) is 11.3. The number of aromatic nitrogens is 2. The summed E-state index contributed by atoms with van der Waals surface area (Å²) >= 11 is 0. The van der Waals surface area contributed by atoms with Crippen LogP contribution in [0.4, 0.5) is 0 Å². The Kier molecular flexibility index (Phi) is 10.2. The third-order valence-electron chi connectivity index (χ3n) is 8.61. The largest absolute Gasteiger partial charge is 0.501 e. The van der Waals surface area contributed by atoms with Crippen molar-refractivity contribution in [2.45, 2.75) is 60.2 Å². The van der Waals surface area contributed by atoms with Gasteiger partial charge in [0.1, 0.15) is 5.58 Å². The molecule has 0 unspecified atom stereocenters. The normalized spacial score (nSPS) is 11.9. The van der Waals surface area contributed by atoms with Gasteiger partial charge in [0.2, 0.25) is 0 Å². The second-order valence-electron chi connectivity index (χ2n) is 13.5. The molecule has 0 spiro atoms. The maximum absolute atomic E-state index is 8.43. The summed E-state index contributed by atoms with van der Waals surface area (Å²) in [5, 5.41) is 3.57. The minimum atomic E-state index is -1.23. The fourth-order valence-electron chi connectivity index (χ4n) is 6.19. The summed E-state index contributed by atoms with van der Waals surface area (Å²) in [7, 11) is -1.23. The second-order valence-corrected chi connectivity index (χ2v) is 18.6. The topological polar surface area (TPSA) is 38.9 Å². The molecule has 0 aliphatic rings. The molecule has 0 aliphatic carbocycles. The van der Waals surface area contributed by atoms with Crippen LogP contribution >= 0.6 is 0 Å². The number of pyridine rings is 2. The van der Waals surface area contributed by atoms with Crippen LogP contribution in [0.15, 0.2) is 108 Å². The molecular weight excluding hydrogens is 781 g/mol. The van der Waals surface area contributed by atoms with E-state index in [-0.39, 0.29) is 20.1 Å². The summed E-state index contributed by atoms with van der Waals surface area (Å²) in [5.41, 5.74) is 12.3. The number of aryl methyl sites for hydroxylation is 3. The van der Waals surface area contributed by atoms with E-state index in [1.807, 2.05) is 74.6 Å². The minimum absolute atomic E-state index is 0. The third-order valence-corrected chi connectivity index (χ3v) is 10.6. The maximum Gasteiger partial charge on any atom is 0.120 e. The molecule has 245 valence electrons. The van der Waals surface area contributed by atoms with Crippen LogP contribution in [0, 0.1) is 32.9 Å². The van der Waals surface area contributed by atoms with E-state index in [2.05, 4.69) is 98.9 Å². The van der Waals surface area contributed by atoms with Crippen molar-refractivity contribution in [1.29, 1.82) is 0 Å². The first-order chi connectivity index (χ1) is 22.8. The molecule has 0 bridgehead atoms. The van der Waals surface area contributed by atoms with Crippen molar-refractivity contribution in [2.24, 2.45) is 0 Å². The van der Waals surface area contributed by atoms with Gasteiger partial charge in [-0.2, -0.15) is 0 Å². The zero-order chi connectivity index (χ0) is 34.2. The van der Waals surface area contributed by atoms with Crippen LogP contribution in [-0.4, -0.2) is 18.0 Å². The smallest absolute Gasteiger partial charge is 0.120 e. The summed E-state index contributed by atoms with van der Waals surface area (Å²) in [5.74, 6) is -0.708. The molecule has 7 rings (SSSR count). The van der Waals surface area contributed by atoms with E-state index in [1.165, 1.54) is 27.4 Å². The van der Waals surface area contributed by atoms with Gasteiger partial charge < -0.3 is 14.4 Å². The first-order valence-corrected chi connectivity index (χ1v) is 19.7. The number of furan rings is 1. The molecule has 0 saturated carbocycles. The van der Waals surface area contributed by atoms with E-state index < -0.39 is 14.0 Å². The summed E-state index contributed by atoms with van der Waals surface area (Å²) in [6, 6.07) is 37.5. The van der Waals surface area contributed by atoms with Crippen LogP contribution in [-0.2, 0) is 20.1 Å². The Morgan fingerprint density at radius 1 is 0.812 bits per heavy atom. The SMILES string of the molecule is C[Si](C)(C)c1ccc(-c2[c-]cccc2)nc1.[2H]C(C)(C)c1ccnc(-c2[c-]cc(-c3c(C)cc(C)cc3C)c3c2oc2ccccc23)c1.[Ir]. The fourth-order valence-corrected chi connectivity index (χ4v) is 7.23. The number of hydrogen-bond donors (Lipinski definition) is 0. The van der Waals surface area contributed by atoms with Crippen molar-refractivity contribution in [3.8, 4) is 33.6 Å². The number of hydrogen-bond acceptors (Lipinski definition) is 3. The molecule has 5 heteroatoms. The third kappa shape index (κ3) is 7.29. The quantitative estimate of drug-likeness (QED) is 0.128. The Labute approximate surface area is 301 Å². The fraction of sp³-hybridized carbons (Fsp3) is 0.209. The van der Waals surface area contributed by atoms with Gasteiger partial charge in [-0.1, -0.05) is 121 Å². The first kappa shape index (κ1) is 33.7. The van der Waals surface area contributed by atoms with Gasteiger partial charge in [-0.3, -0.25) is 0 Å². The van der Waals surface area contributed by atoms with Gasteiger partial charge in [0, 0.05) is 39.3 Å². The van der Waals surface area contributed by atoms with E-state index >= 15 is 0 Å². The number of para-hydroxylation sites is 1. The summed E-state index contributed by atoms with van der Waals surface area (Å²) < 4.78 is 14.8. The molecule has 7 aromatic rings. The molecule has 0 fully saturated rings. The van der Waals surface area contributed by atoms with E-state index in [0.29, 0.717) is 0 Å². The number of fused-ring (bicyclic) bond motifs is 3. The molecule has 4 aromatic carbocycles. The standard InChI is InChI=1S/C29H26NO.C14H16NSi.Ir/c1-17(2)21-12-13-30-25(16-21)22-10-11-24(27-19(4)14-18(3)15-20(27)5)28-23-8-6-7-9-26(23)31-29(22)28;1-16(2,3)13-9-10-14(15-11-13)12-7-5-4-6-8-12;/h6-9,11-17H,1-5H3;4-7,9-11H,1-3H3;/q2*-1;/i17D;;. The van der Waals surface area contributed by atoms with Crippen molar-refractivity contribution >= 4 is 35.2 Å². The Balaban J connectivity index is 0.000000233. The first-order valence-electron chi connectivity index (χ1n) is 16.7. The number of nitrogens with zero attached hydrogens (tertiary/aromatic N) is 2. The van der Waals surface area contributed by atoms with E-state index in [9.17, 15) is 0 Å². The second kappa shape index (κ2) is 14.5. The van der Waals surface area contributed by atoms with Crippen molar-refractivity contribution in [1.82, 2.24) is 9.97 Å². The molecular formula is C43H42IrN2OSi-2. The van der Waals surface area contributed by atoms with Gasteiger partial charge in [-0.05, 0) is 60.8 Å². The monoisotopic (exact) mass is 824 g/mol. The van der Waals surface area contributed by atoms with Gasteiger partial charge in [0.05, 0.1) is 13.7 Å². The van der Waals surface area contributed by atoms with Crippen molar-refractivity contribution in [3.05, 3.63) is 138 Å². The summed E-state index contributed by atoms with van der Waals surface area (Å²) in [6.07, 6.45) is 3.79. The molecule has 0 aliphatic heterocycles. The number of benzene rings is 4. The Bertz CT molecular complexity index is 2210. The van der Waals surface area contributed by atoms with E-state index in [0.717, 1.165) is 55.6 Å². The predicted molar refractivity (Wildman–Crippen MR) is 201 cm³/mol. The summed E-state index contributed by atoms with van der Waals surface area (Å²) in [6.45, 7) is 17.2. The van der Waals surface area contributed by atoms with Crippen LogP contribution in [0.1, 0.15) is 43.4 Å². The zero-order valence-electron chi connectivity index (χ0n) is 30.0. The average Bonchev–Trinajstić information content (AvgIpc) is 3.44. The molecule has 0 atom stereocenters. The molecule has 0 saturated heterocycles. The Morgan fingerprint density at radius 3 is 2.19 bits per heavy atom. The van der Waals surface area contributed by atoms with Gasteiger partial charge in [0.15, 0.2) is 0 Å². The van der Waals surface area contributed by atoms with Crippen molar-refractivity contribution in [2.75, 3.05) is 0 Å². The minimum Gasteiger partial charge on any atom is -0.501 e. The van der Waals surface area contributed by atoms with E-state index in [1.54, 1.807) is 6.20 Å².